The average Bonchev–Trinajstić information content (AvgIpc) is 3.16. The Labute approximate surface area is 206 Å². The first-order valence-electron chi connectivity index (χ1n) is 11.8. The summed E-state index contributed by atoms with van der Waals surface area (Å²) >= 11 is 0. The maximum Gasteiger partial charge on any atom is 0.243 e. The maximum atomic E-state index is 13.2. The molecule has 4 aromatic rings. The summed E-state index contributed by atoms with van der Waals surface area (Å²) in [6.07, 6.45) is 0. The van der Waals surface area contributed by atoms with Gasteiger partial charge in [0.05, 0.1) is 18.0 Å². The summed E-state index contributed by atoms with van der Waals surface area (Å²) in [5.41, 5.74) is 3.59. The van der Waals surface area contributed by atoms with E-state index in [1.54, 1.807) is 26.0 Å². The highest BCUT2D eigenvalue weighted by Crippen LogP contribution is 2.31. The summed E-state index contributed by atoms with van der Waals surface area (Å²) in [7, 11) is -3.84. The van der Waals surface area contributed by atoms with Gasteiger partial charge < -0.3 is 14.6 Å². The van der Waals surface area contributed by atoms with Crippen LogP contribution in [0.4, 0.5) is 5.69 Å². The number of likely N-dealkylation sites (N-methyl/N-ethyl adjacent to an activating group) is 1. The third kappa shape index (κ3) is 4.76. The highest BCUT2D eigenvalue weighted by Gasteiger charge is 2.26. The van der Waals surface area contributed by atoms with Crippen molar-refractivity contribution in [2.45, 2.75) is 39.1 Å². The molecule has 0 spiro atoms. The number of fused-ring (bicyclic) bond motifs is 3. The van der Waals surface area contributed by atoms with Crippen LogP contribution in [0, 0.1) is 6.92 Å². The summed E-state index contributed by atoms with van der Waals surface area (Å²) in [5.74, 6) is 0.253. The van der Waals surface area contributed by atoms with E-state index < -0.39 is 15.9 Å². The number of hydrogen-bond acceptors (Lipinski definition) is 4. The van der Waals surface area contributed by atoms with Crippen LogP contribution < -0.4 is 10.1 Å². The number of hydrogen-bond donors (Lipinski definition) is 1. The van der Waals surface area contributed by atoms with Crippen molar-refractivity contribution in [1.82, 2.24) is 8.87 Å². The fraction of sp³-hybridized carbons (Fsp3) is 0.296. The number of carbonyl (C=O) groups is 1. The molecule has 1 amide bonds. The molecule has 1 heterocycles. The van der Waals surface area contributed by atoms with E-state index in [0.29, 0.717) is 18.0 Å². The minimum atomic E-state index is -3.84. The van der Waals surface area contributed by atoms with Gasteiger partial charge >= 0.3 is 0 Å². The van der Waals surface area contributed by atoms with E-state index in [-0.39, 0.29) is 18.0 Å². The van der Waals surface area contributed by atoms with Gasteiger partial charge in [0.15, 0.2) is 0 Å². The number of ether oxygens (including phenoxy) is 1. The van der Waals surface area contributed by atoms with Gasteiger partial charge in [0, 0.05) is 40.6 Å². The molecule has 3 aromatic carbocycles. The van der Waals surface area contributed by atoms with Gasteiger partial charge in [-0.15, -0.1) is 0 Å². The van der Waals surface area contributed by atoms with Crippen LogP contribution in [-0.2, 0) is 21.4 Å². The molecule has 0 saturated carbocycles. The van der Waals surface area contributed by atoms with E-state index in [1.807, 2.05) is 37.3 Å². The summed E-state index contributed by atoms with van der Waals surface area (Å²) in [6.45, 7) is 8.73. The van der Waals surface area contributed by atoms with Crippen molar-refractivity contribution in [3.8, 4) is 5.75 Å². The summed E-state index contributed by atoms with van der Waals surface area (Å²) < 4.78 is 35.4. The van der Waals surface area contributed by atoms with Gasteiger partial charge in [0.25, 0.3) is 0 Å². The first-order valence-corrected chi connectivity index (χ1v) is 13.3. The van der Waals surface area contributed by atoms with E-state index >= 15 is 0 Å². The average molecular weight is 494 g/mol. The summed E-state index contributed by atoms with van der Waals surface area (Å²) in [4.78, 5) is 13.0. The smallest absolute Gasteiger partial charge is 0.243 e. The molecule has 1 aromatic heterocycles. The Morgan fingerprint density at radius 3 is 2.40 bits per heavy atom. The molecule has 0 unspecified atom stereocenters. The third-order valence-corrected chi connectivity index (χ3v) is 8.05. The number of rotatable bonds is 9. The van der Waals surface area contributed by atoms with Gasteiger partial charge in [-0.25, -0.2) is 8.42 Å². The molecule has 0 aliphatic carbocycles. The number of carbonyl (C=O) groups excluding carboxylic acids is 1. The summed E-state index contributed by atoms with van der Waals surface area (Å²) in [5, 5.41) is 5.04. The molecule has 0 atom stereocenters. The third-order valence-electron chi connectivity index (χ3n) is 6.13. The fourth-order valence-electron chi connectivity index (χ4n) is 4.45. The second-order valence-corrected chi connectivity index (χ2v) is 10.3. The first-order chi connectivity index (χ1) is 16.8. The van der Waals surface area contributed by atoms with Gasteiger partial charge in [0.2, 0.25) is 15.9 Å². The van der Waals surface area contributed by atoms with E-state index in [2.05, 4.69) is 28.9 Å². The number of nitrogens with one attached hydrogen (secondary N) is 1. The monoisotopic (exact) mass is 493 g/mol. The number of aromatic nitrogens is 1. The molecule has 35 heavy (non-hydrogen) atoms. The minimum absolute atomic E-state index is 0.141. The lowest BCUT2D eigenvalue weighted by Crippen LogP contribution is -2.37. The van der Waals surface area contributed by atoms with Gasteiger partial charge in [-0.2, -0.15) is 4.31 Å². The van der Waals surface area contributed by atoms with Crippen LogP contribution in [0.15, 0.2) is 65.6 Å². The van der Waals surface area contributed by atoms with Crippen LogP contribution >= 0.6 is 0 Å². The van der Waals surface area contributed by atoms with E-state index in [0.717, 1.165) is 33.9 Å². The molecule has 4 rings (SSSR count). The first kappa shape index (κ1) is 24.8. The number of nitrogens with zero attached hydrogens (tertiary/aromatic N) is 2. The molecular weight excluding hydrogens is 462 g/mol. The molecule has 0 aliphatic rings. The number of sulfonamides is 1. The van der Waals surface area contributed by atoms with Crippen LogP contribution in [0.1, 0.15) is 26.3 Å². The predicted molar refractivity (Wildman–Crippen MR) is 141 cm³/mol. The van der Waals surface area contributed by atoms with Gasteiger partial charge in [-0.3, -0.25) is 4.79 Å². The topological polar surface area (TPSA) is 80.6 Å². The second-order valence-electron chi connectivity index (χ2n) is 8.33. The van der Waals surface area contributed by atoms with Crippen LogP contribution in [0.5, 0.6) is 5.75 Å². The van der Waals surface area contributed by atoms with Crippen LogP contribution in [-0.4, -0.2) is 42.9 Å². The van der Waals surface area contributed by atoms with Crippen LogP contribution in [0.25, 0.3) is 21.8 Å². The van der Waals surface area contributed by atoms with E-state index in [1.165, 1.54) is 10.4 Å². The zero-order valence-corrected chi connectivity index (χ0v) is 21.4. The molecule has 0 radical (unpaired) electrons. The van der Waals surface area contributed by atoms with Crippen molar-refractivity contribution >= 4 is 43.4 Å². The van der Waals surface area contributed by atoms with Gasteiger partial charge in [0.1, 0.15) is 5.75 Å². The minimum Gasteiger partial charge on any atom is -0.494 e. The Balaban J connectivity index is 1.56. The zero-order valence-electron chi connectivity index (χ0n) is 20.5. The van der Waals surface area contributed by atoms with Crippen LogP contribution in [0.3, 0.4) is 0 Å². The lowest BCUT2D eigenvalue weighted by Gasteiger charge is -2.21. The zero-order chi connectivity index (χ0) is 25.2. The molecular formula is C27H31N3O4S. The van der Waals surface area contributed by atoms with Crippen molar-refractivity contribution in [2.24, 2.45) is 0 Å². The predicted octanol–water partition coefficient (Wildman–Crippen LogP) is 5.17. The van der Waals surface area contributed by atoms with Gasteiger partial charge in [-0.1, -0.05) is 25.1 Å². The van der Waals surface area contributed by atoms with Crippen molar-refractivity contribution in [3.05, 3.63) is 66.2 Å². The van der Waals surface area contributed by atoms with Crippen molar-refractivity contribution in [2.75, 3.05) is 25.0 Å². The largest absolute Gasteiger partial charge is 0.494 e. The Morgan fingerprint density at radius 1 is 0.971 bits per heavy atom. The van der Waals surface area contributed by atoms with E-state index in [9.17, 15) is 13.2 Å². The van der Waals surface area contributed by atoms with E-state index in [4.69, 9.17) is 4.74 Å². The highest BCUT2D eigenvalue weighted by atomic mass is 32.2. The Kier molecular flexibility index (Phi) is 7.14. The second kappa shape index (κ2) is 10.1. The summed E-state index contributed by atoms with van der Waals surface area (Å²) in [6, 6.07) is 18.7. The Hall–Kier alpha value is -3.36. The maximum absolute atomic E-state index is 13.2. The number of amides is 1. The van der Waals surface area contributed by atoms with Crippen LogP contribution in [0.2, 0.25) is 0 Å². The Morgan fingerprint density at radius 2 is 1.71 bits per heavy atom. The fourth-order valence-corrected chi connectivity index (χ4v) is 5.94. The van der Waals surface area contributed by atoms with Crippen molar-refractivity contribution in [3.63, 3.8) is 0 Å². The Bertz CT molecular complexity index is 1490. The normalized spacial score (nSPS) is 11.9. The molecule has 184 valence electrons. The molecule has 1 N–H and O–H groups in total. The number of benzene rings is 3. The number of aryl methyl sites for hydroxylation is 2. The standard InChI is InChI=1S/C27H31N3O4S/c1-5-29(35(32,33)21-13-15-26(34-7-3)19(4)16-21)18-27(31)28-20-12-14-25-23(17-20)22-10-8-9-11-24(22)30(25)6-2/h8-17H,5-7,18H2,1-4H3,(H,28,31). The SMILES string of the molecule is CCOc1ccc(S(=O)(=O)N(CC)CC(=O)Nc2ccc3c(c2)c2ccccc2n3CC)cc1C. The van der Waals surface area contributed by atoms with Gasteiger partial charge in [-0.05, 0) is 68.8 Å². The lowest BCUT2D eigenvalue weighted by atomic mass is 10.1. The van der Waals surface area contributed by atoms with Crippen molar-refractivity contribution < 1.29 is 17.9 Å². The molecule has 0 saturated heterocycles. The molecule has 0 aliphatic heterocycles. The van der Waals surface area contributed by atoms with Crippen molar-refractivity contribution in [1.29, 1.82) is 0 Å². The number of para-hydroxylation sites is 1. The highest BCUT2D eigenvalue weighted by molar-refractivity contribution is 7.89. The molecule has 0 bridgehead atoms. The quantitative estimate of drug-likeness (QED) is 0.349. The molecule has 7 nitrogen and oxygen atoms in total. The molecule has 0 fully saturated rings. The lowest BCUT2D eigenvalue weighted by molar-refractivity contribution is -0.116. The number of anilines is 1. The molecule has 8 heteroatoms.